The van der Waals surface area contributed by atoms with E-state index in [0.717, 1.165) is 88.9 Å². The van der Waals surface area contributed by atoms with Gasteiger partial charge in [-0.05, 0) is 118 Å². The fourth-order valence-electron chi connectivity index (χ4n) is 11.3. The van der Waals surface area contributed by atoms with Gasteiger partial charge in [0.05, 0.1) is 62.6 Å². The van der Waals surface area contributed by atoms with Gasteiger partial charge in [0.15, 0.2) is 0 Å². The Kier molecular flexibility index (Phi) is 19.5. The van der Waals surface area contributed by atoms with E-state index < -0.39 is 23.9 Å². The van der Waals surface area contributed by atoms with Crippen LogP contribution in [0.3, 0.4) is 0 Å². The van der Waals surface area contributed by atoms with E-state index in [9.17, 15) is 19.2 Å². The first-order valence-corrected chi connectivity index (χ1v) is 29.9. The maximum Gasteiger partial charge on any atom is 0.327 e. The molecule has 3 saturated heterocycles. The number of ether oxygens (including phenoxy) is 4. The summed E-state index contributed by atoms with van der Waals surface area (Å²) >= 11 is 26.7. The molecule has 27 heteroatoms. The lowest BCUT2D eigenvalue weighted by Crippen LogP contribution is -2.39. The van der Waals surface area contributed by atoms with Crippen molar-refractivity contribution in [2.75, 3.05) is 121 Å². The molecule has 4 aromatic carbocycles. The molecule has 462 valence electrons. The van der Waals surface area contributed by atoms with E-state index in [0.29, 0.717) is 22.7 Å². The Labute approximate surface area is 529 Å². The van der Waals surface area contributed by atoms with Crippen molar-refractivity contribution in [3.63, 3.8) is 0 Å². The van der Waals surface area contributed by atoms with Gasteiger partial charge in [-0.2, -0.15) is 0 Å². The molecule has 0 radical (unpaired) electrons. The number of anilines is 11. The van der Waals surface area contributed by atoms with Crippen LogP contribution in [0, 0.1) is 5.41 Å². The van der Waals surface area contributed by atoms with Gasteiger partial charge in [0, 0.05) is 68.2 Å². The summed E-state index contributed by atoms with van der Waals surface area (Å²) in [4.78, 5) is 78.2. The maximum atomic E-state index is 14.7. The maximum absolute atomic E-state index is 14.7. The smallest absolute Gasteiger partial charge is 0.327 e. The summed E-state index contributed by atoms with van der Waals surface area (Å²) in [6.07, 6.45) is 13.9. The van der Waals surface area contributed by atoms with Crippen molar-refractivity contribution in [1.82, 2.24) is 30.6 Å². The summed E-state index contributed by atoms with van der Waals surface area (Å²) in [5.74, 6) is 0.940. The van der Waals surface area contributed by atoms with E-state index >= 15 is 0 Å². The van der Waals surface area contributed by atoms with Crippen molar-refractivity contribution < 1.29 is 38.1 Å². The van der Waals surface area contributed by atoms with Gasteiger partial charge in [-0.15, -0.1) is 0 Å². The summed E-state index contributed by atoms with van der Waals surface area (Å²) in [7, 11) is 7.18. The van der Waals surface area contributed by atoms with Gasteiger partial charge in [0.2, 0.25) is 11.8 Å². The van der Waals surface area contributed by atoms with Crippen LogP contribution >= 0.6 is 46.4 Å². The molecule has 6 amide bonds. The summed E-state index contributed by atoms with van der Waals surface area (Å²) in [6.45, 7) is 8.08. The fraction of sp³-hybridized carbons (Fsp3) is 0.344. The Morgan fingerprint density at radius 2 is 1.22 bits per heavy atom. The number of benzene rings is 4. The van der Waals surface area contributed by atoms with Crippen molar-refractivity contribution >= 4 is 133 Å². The summed E-state index contributed by atoms with van der Waals surface area (Å²) < 4.78 is 21.7. The zero-order chi connectivity index (χ0) is 62.3. The lowest BCUT2D eigenvalue weighted by Gasteiger charge is -2.34. The van der Waals surface area contributed by atoms with Gasteiger partial charge < -0.3 is 66.4 Å². The number of piperidine rings is 2. The third kappa shape index (κ3) is 14.1. The number of rotatable bonds is 20. The molecule has 8 N–H and O–H groups in total. The van der Waals surface area contributed by atoms with Gasteiger partial charge >= 0.3 is 12.1 Å². The molecule has 4 fully saturated rings. The number of hydrogen-bond donors (Lipinski definition) is 8. The van der Waals surface area contributed by atoms with Crippen LogP contribution in [0.15, 0.2) is 98.1 Å². The Morgan fingerprint density at radius 1 is 0.659 bits per heavy atom. The second-order valence-corrected chi connectivity index (χ2v) is 23.3. The Hall–Kier alpha value is -8.32. The summed E-state index contributed by atoms with van der Waals surface area (Å²) in [6, 6.07) is 16.3. The molecule has 3 aliphatic heterocycles. The minimum Gasteiger partial charge on any atom is -0.495 e. The van der Waals surface area contributed by atoms with E-state index in [2.05, 4.69) is 73.9 Å². The van der Waals surface area contributed by atoms with Crippen LogP contribution in [-0.2, 0) is 9.59 Å². The normalized spacial score (nSPS) is 16.3. The number of carbonyl (C=O) groups excluding carboxylic acids is 4. The first-order valence-electron chi connectivity index (χ1n) is 28.4. The number of aromatic nitrogens is 4. The fourth-order valence-corrected chi connectivity index (χ4v) is 12.5. The molecular weight excluding hydrogens is 1210 g/mol. The molecule has 6 aromatic rings. The van der Waals surface area contributed by atoms with Crippen molar-refractivity contribution in [1.29, 1.82) is 0 Å². The first kappa shape index (κ1) is 62.7. The highest BCUT2D eigenvalue weighted by atomic mass is 35.5. The molecule has 88 heavy (non-hydrogen) atoms. The van der Waals surface area contributed by atoms with Crippen LogP contribution in [0.1, 0.15) is 56.4 Å². The van der Waals surface area contributed by atoms with E-state index in [1.54, 1.807) is 12.1 Å². The zero-order valence-corrected chi connectivity index (χ0v) is 52.1. The molecule has 2 aromatic heterocycles. The predicted molar refractivity (Wildman–Crippen MR) is 346 cm³/mol. The Balaban J connectivity index is 0.916. The van der Waals surface area contributed by atoms with Gasteiger partial charge in [0.25, 0.3) is 0 Å². The lowest BCUT2D eigenvalue weighted by molar-refractivity contribution is -0.112. The third-order valence-corrected chi connectivity index (χ3v) is 17.8. The topological polar surface area (TPSA) is 263 Å². The molecule has 1 aliphatic carbocycles. The second kappa shape index (κ2) is 27.4. The van der Waals surface area contributed by atoms with E-state index in [4.69, 9.17) is 65.4 Å². The number of carbonyl (C=O) groups is 4. The average molecular weight is 1280 g/mol. The SMILES string of the molecule is C=CC(=O)Nc1cc(N2CCC3(CCNCC3)C2)ccc1Nc1cc(N(C/C=C/C(=O)Nc2cc(C3CCNC4(CC4)C3)ccc2Nc2cc(N(C)C(=O)Nc3c(Cl)c(OC)cc(OC)c3Cl)ncn2)C(=O)Nc2c(Cl)c(OC)cc(OC)c2Cl)ncn1. The van der Waals surface area contributed by atoms with E-state index in [-0.39, 0.29) is 101 Å². The molecule has 1 unspecified atom stereocenters. The highest BCUT2D eigenvalue weighted by molar-refractivity contribution is 6.42. The van der Waals surface area contributed by atoms with Gasteiger partial charge in [0.1, 0.15) is 79.0 Å². The number of nitrogens with zero attached hydrogens (tertiary/aromatic N) is 7. The first-order chi connectivity index (χ1) is 42.4. The van der Waals surface area contributed by atoms with Crippen LogP contribution in [0.5, 0.6) is 23.0 Å². The second-order valence-electron chi connectivity index (χ2n) is 21.8. The van der Waals surface area contributed by atoms with E-state index in [1.165, 1.54) is 88.3 Å². The van der Waals surface area contributed by atoms with Crippen LogP contribution in [-0.4, -0.2) is 124 Å². The third-order valence-electron chi connectivity index (χ3n) is 16.3. The number of methoxy groups -OCH3 is 4. The standard InChI is InChI=1S/C61H67Cl4N15O8/c1-7-50(81)74-41-26-37(79-24-19-60(32-79)17-21-66-22-18-60)11-13-39(41)73-47-30-49(70-34-68-47)80(59(84)77-57-54(64)44(87-5)28-45(88-6)55(57)65)23-8-9-51(82)75-40-25-35(36-14-20-71-61(31-36)15-16-61)10-12-38(40)72-46-29-48(69-33-67-46)78(2)58(83)76-56-52(62)42(85-3)27-43(86-4)53(56)63/h7-13,25-30,33-34,36,66,71H,1,14-24,31-32H2,2-6H3,(H,74,81)(H,75,82)(H,76,83)(H,77,84)(H,67,69,72)(H,68,70,73)/b9-8+. The number of hydrogen-bond acceptors (Lipinski definition) is 17. The molecule has 23 nitrogen and oxygen atoms in total. The van der Waals surface area contributed by atoms with Crippen LogP contribution in [0.4, 0.5) is 72.7 Å². The largest absolute Gasteiger partial charge is 0.495 e. The van der Waals surface area contributed by atoms with Crippen LogP contribution in [0.2, 0.25) is 20.1 Å². The van der Waals surface area contributed by atoms with Gasteiger partial charge in [-0.1, -0.05) is 65.1 Å². The molecule has 0 bridgehead atoms. The minimum atomic E-state index is -0.760. The van der Waals surface area contributed by atoms with E-state index in [1.807, 2.05) is 36.4 Å². The zero-order valence-electron chi connectivity index (χ0n) is 49.0. The van der Waals surface area contributed by atoms with Gasteiger partial charge in [-0.3, -0.25) is 19.4 Å². The molecule has 5 heterocycles. The Bertz CT molecular complexity index is 3620. The van der Waals surface area contributed by atoms with Crippen molar-refractivity contribution in [3.8, 4) is 23.0 Å². The predicted octanol–water partition coefficient (Wildman–Crippen LogP) is 12.0. The molecule has 2 spiro atoms. The molecular formula is C61H67Cl4N15O8. The Morgan fingerprint density at radius 3 is 1.81 bits per heavy atom. The van der Waals surface area contributed by atoms with Gasteiger partial charge in [-0.25, -0.2) is 29.5 Å². The van der Waals surface area contributed by atoms with Crippen molar-refractivity contribution in [2.45, 2.75) is 56.4 Å². The summed E-state index contributed by atoms with van der Waals surface area (Å²) in [5, 5.41) is 25.4. The number of amides is 6. The van der Waals surface area contributed by atoms with Crippen molar-refractivity contribution in [3.05, 3.63) is 124 Å². The molecule has 4 aliphatic rings. The van der Waals surface area contributed by atoms with Crippen molar-refractivity contribution in [2.24, 2.45) is 5.41 Å². The molecule has 1 atom stereocenters. The highest BCUT2D eigenvalue weighted by Gasteiger charge is 2.46. The molecule has 1 saturated carbocycles. The highest BCUT2D eigenvalue weighted by Crippen LogP contribution is 2.49. The van der Waals surface area contributed by atoms with Crippen LogP contribution < -0.4 is 76.2 Å². The lowest BCUT2D eigenvalue weighted by atomic mass is 9.78. The number of halogens is 4. The summed E-state index contributed by atoms with van der Waals surface area (Å²) in [5.41, 5.74) is 4.32. The quantitative estimate of drug-likeness (QED) is 0.0330. The minimum absolute atomic E-state index is 0.000338. The average Bonchev–Trinajstić information content (AvgIpc) is 2.10. The molecule has 10 rings (SSSR count). The number of urea groups is 2. The number of nitrogens with one attached hydrogen (secondary N) is 8. The van der Waals surface area contributed by atoms with Crippen LogP contribution in [0.25, 0.3) is 0 Å². The monoisotopic (exact) mass is 1280 g/mol.